The fraction of sp³-hybridized carbons (Fsp3) is 0.632. The van der Waals surface area contributed by atoms with Gasteiger partial charge in [0.05, 0.1) is 12.6 Å². The van der Waals surface area contributed by atoms with Crippen molar-refractivity contribution in [3.63, 3.8) is 0 Å². The van der Waals surface area contributed by atoms with Crippen LogP contribution in [0.2, 0.25) is 0 Å². The van der Waals surface area contributed by atoms with Crippen LogP contribution in [0.5, 0.6) is 0 Å². The Hall–Kier alpha value is -1.43. The van der Waals surface area contributed by atoms with Crippen molar-refractivity contribution < 1.29 is 14.3 Å². The Kier molecular flexibility index (Phi) is 5.23. The van der Waals surface area contributed by atoms with E-state index in [1.807, 2.05) is 26.8 Å². The first-order valence-electron chi connectivity index (χ1n) is 8.77. The molecule has 3 rings (SSSR count). The average Bonchev–Trinajstić information content (AvgIpc) is 3.09. The summed E-state index contributed by atoms with van der Waals surface area (Å²) in [6, 6.07) is 11.1. The highest BCUT2D eigenvalue weighted by atomic mass is 16.6. The van der Waals surface area contributed by atoms with Crippen LogP contribution in [-0.2, 0) is 20.8 Å². The molecule has 5 nitrogen and oxygen atoms in total. The fourth-order valence-electron chi connectivity index (χ4n) is 3.64. The second-order valence-electron chi connectivity index (χ2n) is 7.68. The van der Waals surface area contributed by atoms with E-state index in [2.05, 4.69) is 34.5 Å². The minimum Gasteiger partial charge on any atom is -0.459 e. The van der Waals surface area contributed by atoms with E-state index in [-0.39, 0.29) is 24.7 Å². The standard InChI is InChI=1S/C19H28N2O3/c1-19(2,3)24-17(22)11-20-15-13-21(16-9-10-23-18(15)16)12-14-7-5-4-6-8-14/h4-8,15-16,18,20H,9-13H2,1-3H3/t15-,16+,18-/m1/s1. The molecule has 0 spiro atoms. The third-order valence-corrected chi connectivity index (χ3v) is 4.56. The van der Waals surface area contributed by atoms with E-state index in [1.54, 1.807) is 0 Å². The molecule has 24 heavy (non-hydrogen) atoms. The van der Waals surface area contributed by atoms with Gasteiger partial charge in [-0.2, -0.15) is 0 Å². The Morgan fingerprint density at radius 3 is 2.79 bits per heavy atom. The number of benzene rings is 1. The number of ether oxygens (including phenoxy) is 2. The van der Waals surface area contributed by atoms with Crippen LogP contribution in [0.4, 0.5) is 0 Å². The van der Waals surface area contributed by atoms with E-state index in [0.29, 0.717) is 6.04 Å². The number of rotatable bonds is 5. The molecule has 2 fully saturated rings. The van der Waals surface area contributed by atoms with Crippen molar-refractivity contribution in [1.29, 1.82) is 0 Å². The number of carbonyl (C=O) groups excluding carboxylic acids is 1. The van der Waals surface area contributed by atoms with E-state index in [9.17, 15) is 4.79 Å². The zero-order valence-corrected chi connectivity index (χ0v) is 14.8. The number of hydrogen-bond donors (Lipinski definition) is 1. The SMILES string of the molecule is CC(C)(C)OC(=O)CN[C@@H]1CN(Cc2ccccc2)[C@H]2CCO[C@H]12. The second kappa shape index (κ2) is 7.21. The van der Waals surface area contributed by atoms with Gasteiger partial charge in [-0.25, -0.2) is 0 Å². The molecule has 2 heterocycles. The van der Waals surface area contributed by atoms with E-state index in [4.69, 9.17) is 9.47 Å². The zero-order chi connectivity index (χ0) is 17.2. The quantitative estimate of drug-likeness (QED) is 0.836. The molecule has 5 heteroatoms. The highest BCUT2D eigenvalue weighted by Crippen LogP contribution is 2.30. The normalized spacial score (nSPS) is 27.2. The largest absolute Gasteiger partial charge is 0.459 e. The Morgan fingerprint density at radius 2 is 2.08 bits per heavy atom. The maximum absolute atomic E-state index is 11.9. The molecule has 2 saturated heterocycles. The van der Waals surface area contributed by atoms with E-state index in [1.165, 1.54) is 5.56 Å². The predicted octanol–water partition coefficient (Wildman–Crippen LogP) is 1.96. The van der Waals surface area contributed by atoms with Crippen molar-refractivity contribution in [3.8, 4) is 0 Å². The maximum atomic E-state index is 11.9. The monoisotopic (exact) mass is 332 g/mol. The number of nitrogens with zero attached hydrogens (tertiary/aromatic N) is 1. The van der Waals surface area contributed by atoms with E-state index >= 15 is 0 Å². The highest BCUT2D eigenvalue weighted by molar-refractivity contribution is 5.72. The topological polar surface area (TPSA) is 50.8 Å². The van der Waals surface area contributed by atoms with Crippen LogP contribution in [0.25, 0.3) is 0 Å². The first kappa shape index (κ1) is 17.4. The molecule has 0 unspecified atom stereocenters. The molecule has 1 N–H and O–H groups in total. The summed E-state index contributed by atoms with van der Waals surface area (Å²) in [5.74, 6) is -0.210. The maximum Gasteiger partial charge on any atom is 0.320 e. The van der Waals surface area contributed by atoms with Crippen LogP contribution in [0.15, 0.2) is 30.3 Å². The first-order valence-corrected chi connectivity index (χ1v) is 8.77. The van der Waals surface area contributed by atoms with Crippen molar-refractivity contribution >= 4 is 5.97 Å². The third-order valence-electron chi connectivity index (χ3n) is 4.56. The average molecular weight is 332 g/mol. The molecule has 0 radical (unpaired) electrons. The molecule has 0 aromatic heterocycles. The summed E-state index contributed by atoms with van der Waals surface area (Å²) in [6.45, 7) is 8.51. The molecule has 2 aliphatic rings. The van der Waals surface area contributed by atoms with Gasteiger partial charge in [-0.1, -0.05) is 30.3 Å². The van der Waals surface area contributed by atoms with Crippen molar-refractivity contribution in [2.75, 3.05) is 19.7 Å². The van der Waals surface area contributed by atoms with Crippen molar-refractivity contribution in [2.24, 2.45) is 0 Å². The van der Waals surface area contributed by atoms with Gasteiger partial charge in [-0.05, 0) is 32.8 Å². The summed E-state index contributed by atoms with van der Waals surface area (Å²) in [4.78, 5) is 14.4. The lowest BCUT2D eigenvalue weighted by Gasteiger charge is -2.22. The predicted molar refractivity (Wildman–Crippen MR) is 92.6 cm³/mol. The lowest BCUT2D eigenvalue weighted by atomic mass is 10.1. The van der Waals surface area contributed by atoms with Crippen LogP contribution in [0.1, 0.15) is 32.8 Å². The Bertz CT molecular complexity index is 555. The number of hydrogen-bond acceptors (Lipinski definition) is 5. The van der Waals surface area contributed by atoms with Gasteiger partial charge in [-0.3, -0.25) is 9.69 Å². The van der Waals surface area contributed by atoms with Gasteiger partial charge in [0.15, 0.2) is 0 Å². The summed E-state index contributed by atoms with van der Waals surface area (Å²) >= 11 is 0. The summed E-state index contributed by atoms with van der Waals surface area (Å²) in [6.07, 6.45) is 1.22. The molecule has 1 aromatic carbocycles. The molecule has 2 aliphatic heterocycles. The first-order chi connectivity index (χ1) is 11.4. The van der Waals surface area contributed by atoms with Gasteiger partial charge in [0, 0.05) is 31.8 Å². The Morgan fingerprint density at radius 1 is 1.33 bits per heavy atom. The van der Waals surface area contributed by atoms with Crippen molar-refractivity contribution in [1.82, 2.24) is 10.2 Å². The summed E-state index contributed by atoms with van der Waals surface area (Å²) in [5.41, 5.74) is 0.871. The van der Waals surface area contributed by atoms with Crippen LogP contribution >= 0.6 is 0 Å². The van der Waals surface area contributed by atoms with Crippen LogP contribution < -0.4 is 5.32 Å². The lowest BCUT2D eigenvalue weighted by Crippen LogP contribution is -2.44. The molecular formula is C19H28N2O3. The van der Waals surface area contributed by atoms with Crippen molar-refractivity contribution in [2.45, 2.75) is 57.5 Å². The smallest absolute Gasteiger partial charge is 0.320 e. The summed E-state index contributed by atoms with van der Waals surface area (Å²) in [5, 5.41) is 3.35. The fourth-order valence-corrected chi connectivity index (χ4v) is 3.64. The molecule has 0 aliphatic carbocycles. The molecule has 0 amide bonds. The second-order valence-corrected chi connectivity index (χ2v) is 7.68. The van der Waals surface area contributed by atoms with E-state index < -0.39 is 5.60 Å². The molecule has 3 atom stereocenters. The number of esters is 1. The van der Waals surface area contributed by atoms with Gasteiger partial charge in [0.2, 0.25) is 0 Å². The van der Waals surface area contributed by atoms with Crippen LogP contribution in [0, 0.1) is 0 Å². The van der Waals surface area contributed by atoms with Gasteiger partial charge < -0.3 is 14.8 Å². The van der Waals surface area contributed by atoms with Crippen LogP contribution in [-0.4, -0.2) is 54.4 Å². The zero-order valence-electron chi connectivity index (χ0n) is 14.8. The number of nitrogens with one attached hydrogen (secondary N) is 1. The Labute approximate surface area is 144 Å². The molecule has 1 aromatic rings. The minimum atomic E-state index is -0.444. The molecule has 0 bridgehead atoms. The molecule has 132 valence electrons. The number of likely N-dealkylation sites (tertiary alicyclic amines) is 1. The van der Waals surface area contributed by atoms with Crippen molar-refractivity contribution in [3.05, 3.63) is 35.9 Å². The Balaban J connectivity index is 1.56. The van der Waals surface area contributed by atoms with Gasteiger partial charge in [-0.15, -0.1) is 0 Å². The lowest BCUT2D eigenvalue weighted by molar-refractivity contribution is -0.153. The van der Waals surface area contributed by atoms with Gasteiger partial charge in [0.25, 0.3) is 0 Å². The number of fused-ring (bicyclic) bond motifs is 1. The number of carbonyl (C=O) groups is 1. The molecule has 0 saturated carbocycles. The van der Waals surface area contributed by atoms with Crippen LogP contribution in [0.3, 0.4) is 0 Å². The molecular weight excluding hydrogens is 304 g/mol. The van der Waals surface area contributed by atoms with Gasteiger partial charge in [0.1, 0.15) is 5.60 Å². The van der Waals surface area contributed by atoms with E-state index in [0.717, 1.165) is 26.1 Å². The summed E-state index contributed by atoms with van der Waals surface area (Å²) in [7, 11) is 0. The minimum absolute atomic E-state index is 0.163. The summed E-state index contributed by atoms with van der Waals surface area (Å²) < 4.78 is 11.3. The van der Waals surface area contributed by atoms with Gasteiger partial charge >= 0.3 is 5.97 Å². The highest BCUT2D eigenvalue weighted by Gasteiger charge is 2.45. The third kappa shape index (κ3) is 4.35.